The number of alkyl halides is 2. The van der Waals surface area contributed by atoms with Crippen molar-refractivity contribution in [1.29, 1.82) is 0 Å². The molecule has 3 aliphatic heterocycles. The first-order chi connectivity index (χ1) is 57.4. The maximum Gasteiger partial charge on any atom is 0.253 e. The van der Waals surface area contributed by atoms with E-state index in [4.69, 9.17) is 24.9 Å². The van der Waals surface area contributed by atoms with Gasteiger partial charge in [-0.1, -0.05) is 86.6 Å². The summed E-state index contributed by atoms with van der Waals surface area (Å²) in [6.45, 7) is 26.8. The Balaban J connectivity index is 0.000000155. The minimum absolute atomic E-state index is 0.101. The predicted octanol–water partition coefficient (Wildman–Crippen LogP) is 19.6. The lowest BCUT2D eigenvalue weighted by atomic mass is 9.86. The Labute approximate surface area is 704 Å². The van der Waals surface area contributed by atoms with Gasteiger partial charge in [-0.15, -0.1) is 0 Å². The Hall–Kier alpha value is -8.93. The van der Waals surface area contributed by atoms with E-state index >= 15 is 0 Å². The molecule has 642 valence electrons. The molecule has 21 nitrogen and oxygen atoms in total. The lowest BCUT2D eigenvalue weighted by Crippen LogP contribution is -2.38. The van der Waals surface area contributed by atoms with Crippen molar-refractivity contribution in [1.82, 2.24) is 63.2 Å². The Morgan fingerprint density at radius 3 is 1.08 bits per heavy atom. The van der Waals surface area contributed by atoms with Gasteiger partial charge in [0.05, 0.1) is 6.10 Å². The summed E-state index contributed by atoms with van der Waals surface area (Å²) in [5.41, 5.74) is 14.8. The molecule has 0 unspecified atom stereocenters. The molecule has 15 rings (SSSR count). The molecule has 6 aliphatic rings. The van der Waals surface area contributed by atoms with E-state index in [0.29, 0.717) is 91.6 Å². The molecule has 3 aromatic carbocycles. The van der Waals surface area contributed by atoms with Crippen molar-refractivity contribution in [3.63, 3.8) is 0 Å². The molecule has 0 bridgehead atoms. The average Bonchev–Trinajstić information content (AvgIpc) is 1.63. The topological polar surface area (TPSA) is 233 Å². The van der Waals surface area contributed by atoms with Crippen molar-refractivity contribution >= 4 is 68.7 Å². The van der Waals surface area contributed by atoms with E-state index in [1.165, 1.54) is 22.3 Å². The quantitative estimate of drug-likeness (QED) is 0.0358. The van der Waals surface area contributed by atoms with E-state index in [9.17, 15) is 33.4 Å². The molecule has 3 amide bonds. The van der Waals surface area contributed by atoms with Crippen LogP contribution in [0.5, 0.6) is 0 Å². The summed E-state index contributed by atoms with van der Waals surface area (Å²) in [5.74, 6) is 3.34. The van der Waals surface area contributed by atoms with Gasteiger partial charge in [0.25, 0.3) is 17.7 Å². The number of hydrogen-bond acceptors (Lipinski definition) is 15. The zero-order chi connectivity index (χ0) is 84.1. The molecule has 5 N–H and O–H groups in total. The fourth-order valence-electron chi connectivity index (χ4n) is 20.0. The van der Waals surface area contributed by atoms with Crippen molar-refractivity contribution in [2.75, 3.05) is 75.9 Å². The van der Waals surface area contributed by atoms with Crippen LogP contribution in [0.25, 0.3) is 33.1 Å². The van der Waals surface area contributed by atoms with E-state index in [-0.39, 0.29) is 42.5 Å². The lowest BCUT2D eigenvalue weighted by Gasteiger charge is -2.32. The summed E-state index contributed by atoms with van der Waals surface area (Å²) in [6, 6.07) is 22.0. The summed E-state index contributed by atoms with van der Waals surface area (Å²) in [4.78, 5) is 77.1. The van der Waals surface area contributed by atoms with Crippen LogP contribution in [0.3, 0.4) is 0 Å². The number of aromatic nitrogens is 9. The van der Waals surface area contributed by atoms with Gasteiger partial charge in [-0.05, 0) is 280 Å². The number of nitrogens with zero attached hydrogens (tertiary/aromatic N) is 13. The van der Waals surface area contributed by atoms with E-state index in [0.717, 1.165) is 246 Å². The molecule has 3 saturated heterocycles. The first kappa shape index (κ1) is 87.9. The molecular formula is C96H134F2N16O5. The summed E-state index contributed by atoms with van der Waals surface area (Å²) in [7, 11) is 4.10. The minimum atomic E-state index is -2.24. The van der Waals surface area contributed by atoms with Crippen LogP contribution in [-0.2, 0) is 6.54 Å². The van der Waals surface area contributed by atoms with Gasteiger partial charge in [0.15, 0.2) is 0 Å². The van der Waals surface area contributed by atoms with Gasteiger partial charge in [-0.2, -0.15) is 15.0 Å². The number of piperidine rings is 3. The van der Waals surface area contributed by atoms with E-state index in [1.807, 2.05) is 83.5 Å². The number of carbonyl (C=O) groups is 3. The molecule has 6 fully saturated rings. The SMILES string of the molecule is CCC[C@H](C)Nc1ncc2c(C3CCN(C(=O)c4cc(C)cc(C)c4)CC3)cn(C3CCC(C(F)F)CC3)c2n1.CCC[C@H](C)Nc1ncc2c(C3CCN(C(=O)c4cc(C)cc(C)c4)CC3)cn(C3CCC(CO)CC3)c2n1.CCC[C@H](C)Nc1ncc2c(C3CCN(C(=O)c4ccc(CN(C)C)cc4)CC3)cn(C3CCC(O)CC3)c2n1. The molecule has 119 heavy (non-hydrogen) atoms. The molecule has 9 aromatic rings. The standard InChI is InChI=1S/C32H43F2N5O.C32H46N6O2.C32H45N5O2/c1-5-6-22(4)36-32-35-18-27-28(19-39(30(27)37-32)26-9-7-24(8-10-26)29(33)34)23-11-13-38(14-12-23)31(40)25-16-20(2)15-21(3)17-25;1-5-6-22(2)34-32-33-19-28-29(21-38(30(28)35-32)26-11-13-27(39)14-12-26)24-15-17-37(18-16-24)31(40)25-9-7-23(8-10-25)20-36(3)4;1-5-6-23(4)34-32-33-18-28-29(19-37(30(28)35-32)27-9-7-24(20-38)8-10-27)25-11-13-36(14-12-25)31(39)26-16-21(2)15-22(3)17-26/h15-19,22-24,26,29H,5-14H2,1-4H3,(H,35,36,37);7-10,19,21-22,24,26-27,39H,5-6,11-18,20H2,1-4H3,(H,33,34,35);15-19,23-25,27,38H,5-14,20H2,1-4H3,(H,33,34,35)/t22-,24?,26?;22-,26?,27?;23-,24?,27?/m000/s1. The van der Waals surface area contributed by atoms with Crippen molar-refractivity contribution in [3.8, 4) is 0 Å². The number of benzene rings is 3. The normalized spacial score (nSPS) is 21.2. The third-order valence-corrected chi connectivity index (χ3v) is 26.4. The minimum Gasteiger partial charge on any atom is -0.396 e. The number of nitrogens with one attached hydrogen (secondary N) is 3. The first-order valence-corrected chi connectivity index (χ1v) is 45.2. The summed E-state index contributed by atoms with van der Waals surface area (Å²) in [5, 5.41) is 33.5. The Kier molecular flexibility index (Phi) is 30.0. The number of aliphatic hydroxyl groups is 2. The second-order valence-electron chi connectivity index (χ2n) is 36.4. The number of halogens is 2. The van der Waals surface area contributed by atoms with Crippen LogP contribution in [0.15, 0.2) is 97.8 Å². The van der Waals surface area contributed by atoms with Crippen LogP contribution < -0.4 is 16.0 Å². The van der Waals surface area contributed by atoms with Crippen molar-refractivity contribution in [3.05, 3.63) is 159 Å². The summed E-state index contributed by atoms with van der Waals surface area (Å²) in [6.07, 6.45) is 32.8. The summed E-state index contributed by atoms with van der Waals surface area (Å²) < 4.78 is 33.7. The van der Waals surface area contributed by atoms with Gasteiger partial charge >= 0.3 is 0 Å². The van der Waals surface area contributed by atoms with Gasteiger partial charge in [-0.25, -0.2) is 23.7 Å². The average molecular weight is 1630 g/mol. The molecule has 0 spiro atoms. The third kappa shape index (κ3) is 21.9. The molecule has 23 heteroatoms. The van der Waals surface area contributed by atoms with Gasteiger partial charge in [0, 0.05) is 165 Å². The van der Waals surface area contributed by atoms with Crippen LogP contribution in [0.1, 0.15) is 307 Å². The highest BCUT2D eigenvalue weighted by atomic mass is 19.3. The second-order valence-corrected chi connectivity index (χ2v) is 36.4. The van der Waals surface area contributed by atoms with Crippen LogP contribution in [0, 0.1) is 39.5 Å². The van der Waals surface area contributed by atoms with Crippen molar-refractivity contribution in [2.24, 2.45) is 11.8 Å². The summed E-state index contributed by atoms with van der Waals surface area (Å²) >= 11 is 0. The van der Waals surface area contributed by atoms with Gasteiger partial charge in [0.1, 0.15) is 16.9 Å². The highest BCUT2D eigenvalue weighted by Gasteiger charge is 2.36. The fourth-order valence-corrected chi connectivity index (χ4v) is 20.0. The number of fused-ring (bicyclic) bond motifs is 3. The number of hydrogen-bond donors (Lipinski definition) is 5. The van der Waals surface area contributed by atoms with E-state index in [1.54, 1.807) is 0 Å². The van der Waals surface area contributed by atoms with Gasteiger partial charge in [0.2, 0.25) is 24.3 Å². The number of amides is 3. The highest BCUT2D eigenvalue weighted by molar-refractivity contribution is 5.96. The molecule has 9 heterocycles. The first-order valence-electron chi connectivity index (χ1n) is 45.2. The largest absolute Gasteiger partial charge is 0.396 e. The zero-order valence-corrected chi connectivity index (χ0v) is 73.1. The number of anilines is 3. The highest BCUT2D eigenvalue weighted by Crippen LogP contribution is 2.45. The number of aliphatic hydroxyl groups excluding tert-OH is 2. The maximum atomic E-state index is 13.4. The van der Waals surface area contributed by atoms with Gasteiger partial charge in [-0.3, -0.25) is 14.4 Å². The molecule has 6 aromatic heterocycles. The molecular weight excluding hydrogens is 1500 g/mol. The predicted molar refractivity (Wildman–Crippen MR) is 474 cm³/mol. The Morgan fingerprint density at radius 1 is 0.454 bits per heavy atom. The van der Waals surface area contributed by atoms with Crippen LogP contribution >= 0.6 is 0 Å². The lowest BCUT2D eigenvalue weighted by molar-refractivity contribution is 0.0481. The van der Waals surface area contributed by atoms with E-state index in [2.05, 4.69) is 152 Å². The van der Waals surface area contributed by atoms with Gasteiger partial charge < -0.3 is 59.5 Å². The molecule has 0 radical (unpaired) electrons. The number of carbonyl (C=O) groups excluding carboxylic acids is 3. The van der Waals surface area contributed by atoms with Crippen LogP contribution in [0.4, 0.5) is 26.6 Å². The smallest absolute Gasteiger partial charge is 0.253 e. The number of aryl methyl sites for hydroxylation is 4. The third-order valence-electron chi connectivity index (χ3n) is 26.4. The monoisotopic (exact) mass is 1630 g/mol. The second kappa shape index (κ2) is 40.6. The Morgan fingerprint density at radius 2 is 0.773 bits per heavy atom. The van der Waals surface area contributed by atoms with Crippen molar-refractivity contribution in [2.45, 2.75) is 296 Å². The number of likely N-dealkylation sites (tertiary alicyclic amines) is 3. The van der Waals surface area contributed by atoms with Crippen LogP contribution in [-0.4, -0.2) is 182 Å². The molecule has 3 saturated carbocycles. The Bertz CT molecular complexity index is 4800. The molecule has 3 atom stereocenters. The molecule has 3 aliphatic carbocycles. The fraction of sp³-hybridized carbons (Fsp3) is 0.594. The van der Waals surface area contributed by atoms with Crippen LogP contribution in [0.2, 0.25) is 0 Å². The number of rotatable bonds is 25. The maximum absolute atomic E-state index is 13.4. The van der Waals surface area contributed by atoms with Crippen molar-refractivity contribution < 1.29 is 33.4 Å². The van der Waals surface area contributed by atoms with E-state index < -0.39 is 12.3 Å². The zero-order valence-electron chi connectivity index (χ0n) is 73.1.